The van der Waals surface area contributed by atoms with Gasteiger partial charge in [-0.2, -0.15) is 0 Å². The second-order valence-electron chi connectivity index (χ2n) is 7.44. The maximum atomic E-state index is 13.6. The quantitative estimate of drug-likeness (QED) is 0.542. The zero-order valence-electron chi connectivity index (χ0n) is 18.3. The maximum Gasteiger partial charge on any atom is 0.259 e. The van der Waals surface area contributed by atoms with E-state index in [9.17, 15) is 13.8 Å². The highest BCUT2D eigenvalue weighted by Crippen LogP contribution is 2.36. The Morgan fingerprint density at radius 1 is 0.970 bits per heavy atom. The molecule has 0 aromatic heterocycles. The predicted molar refractivity (Wildman–Crippen MR) is 125 cm³/mol. The zero-order valence-corrected chi connectivity index (χ0v) is 19.1. The summed E-state index contributed by atoms with van der Waals surface area (Å²) in [6, 6.07) is 21.3. The van der Waals surface area contributed by atoms with Crippen molar-refractivity contribution in [2.24, 2.45) is 0 Å². The molecule has 1 aliphatic rings. The number of hydrogen-bond donors (Lipinski definition) is 1. The molecule has 0 saturated carbocycles. The Balaban J connectivity index is 1.76. The molecule has 3 aromatic rings. The summed E-state index contributed by atoms with van der Waals surface area (Å²) in [7, 11) is 1.40. The topological polar surface area (TPSA) is 84.9 Å². The van der Waals surface area contributed by atoms with Crippen LogP contribution in [0.25, 0.3) is 0 Å². The molecule has 8 heteroatoms. The van der Waals surface area contributed by atoms with Gasteiger partial charge in [0.2, 0.25) is 0 Å². The highest BCUT2D eigenvalue weighted by Gasteiger charge is 2.31. The number of amides is 2. The van der Waals surface area contributed by atoms with Gasteiger partial charge in [0.15, 0.2) is 6.29 Å². The molecule has 33 heavy (non-hydrogen) atoms. The molecule has 7 nitrogen and oxygen atoms in total. The predicted octanol–water partition coefficient (Wildman–Crippen LogP) is 3.36. The van der Waals surface area contributed by atoms with Crippen LogP contribution in [-0.4, -0.2) is 43.1 Å². The third kappa shape index (κ3) is 4.73. The van der Waals surface area contributed by atoms with Gasteiger partial charge in [-0.15, -0.1) is 0 Å². The Kier molecular flexibility index (Phi) is 6.98. The smallest absolute Gasteiger partial charge is 0.259 e. The monoisotopic (exact) mass is 464 g/mol. The van der Waals surface area contributed by atoms with E-state index in [1.807, 2.05) is 30.3 Å². The number of carbonyl (C=O) groups is 2. The average molecular weight is 465 g/mol. The van der Waals surface area contributed by atoms with Crippen molar-refractivity contribution >= 4 is 28.3 Å². The molecule has 3 aromatic carbocycles. The number of rotatable bonds is 7. The van der Waals surface area contributed by atoms with Crippen LogP contribution in [0, 0.1) is 0 Å². The van der Waals surface area contributed by atoms with E-state index in [0.29, 0.717) is 26.6 Å². The van der Waals surface area contributed by atoms with E-state index in [4.69, 9.17) is 9.47 Å². The van der Waals surface area contributed by atoms with Crippen molar-refractivity contribution in [2.45, 2.75) is 22.6 Å². The molecule has 1 aliphatic heterocycles. The Labute approximate surface area is 194 Å². The molecule has 0 unspecified atom stereocenters. The number of benzene rings is 3. The molecule has 0 fully saturated rings. The number of carbonyl (C=O) groups excluding carboxylic acids is 2. The van der Waals surface area contributed by atoms with Gasteiger partial charge in [-0.25, -0.2) is 4.21 Å². The minimum Gasteiger partial charge on any atom is -0.354 e. The molecule has 170 valence electrons. The summed E-state index contributed by atoms with van der Waals surface area (Å²) in [4.78, 5) is 28.9. The second-order valence-corrected chi connectivity index (χ2v) is 8.85. The number of anilines is 1. The van der Waals surface area contributed by atoms with Gasteiger partial charge in [0, 0.05) is 19.8 Å². The number of ether oxygens (including phenoxy) is 2. The van der Waals surface area contributed by atoms with E-state index in [1.54, 1.807) is 47.4 Å². The summed E-state index contributed by atoms with van der Waals surface area (Å²) < 4.78 is 23.7. The number of nitrogens with zero attached hydrogens (tertiary/aromatic N) is 1. The first-order chi connectivity index (χ1) is 16.0. The van der Waals surface area contributed by atoms with Crippen LogP contribution in [-0.2, 0) is 26.8 Å². The summed E-state index contributed by atoms with van der Waals surface area (Å²) in [5.74, 6) is -0.616. The van der Waals surface area contributed by atoms with E-state index >= 15 is 0 Å². The second kappa shape index (κ2) is 10.1. The van der Waals surface area contributed by atoms with E-state index in [1.165, 1.54) is 14.2 Å². The van der Waals surface area contributed by atoms with Crippen molar-refractivity contribution in [2.75, 3.05) is 25.7 Å². The van der Waals surface area contributed by atoms with E-state index in [-0.39, 0.29) is 24.9 Å². The van der Waals surface area contributed by atoms with Crippen LogP contribution in [0.5, 0.6) is 0 Å². The number of fused-ring (bicyclic) bond motifs is 2. The molecular weight excluding hydrogens is 440 g/mol. The lowest BCUT2D eigenvalue weighted by molar-refractivity contribution is -0.0974. The van der Waals surface area contributed by atoms with Gasteiger partial charge in [0.05, 0.1) is 44.9 Å². The Hall–Kier alpha value is -3.33. The first-order valence-electron chi connectivity index (χ1n) is 10.4. The standard InChI is InChI=1S/C25H24N2O5S/c1-31-23(32-2)15-26-24(28)18-12-13-22-20(14-18)27(16-17-8-4-3-5-9-17)25(29)19-10-6-7-11-21(19)33(22)30/h3-14,23H,15-16H2,1-2H3,(H,26,28)/t33-/m1/s1. The number of hydrogen-bond acceptors (Lipinski definition) is 5. The summed E-state index contributed by atoms with van der Waals surface area (Å²) >= 11 is 0. The lowest BCUT2D eigenvalue weighted by atomic mass is 10.1. The maximum absolute atomic E-state index is 13.6. The summed E-state index contributed by atoms with van der Waals surface area (Å²) in [5, 5.41) is 2.76. The summed E-state index contributed by atoms with van der Waals surface area (Å²) in [6.07, 6.45) is -0.576. The molecular formula is C25H24N2O5S. The lowest BCUT2D eigenvalue weighted by Crippen LogP contribution is -2.34. The SMILES string of the molecule is COC(CNC(=O)c1ccc2c(c1)N(Cc1ccccc1)C(=O)c1ccccc1[S@]2=O)OC. The molecule has 2 amide bonds. The van der Waals surface area contributed by atoms with Crippen molar-refractivity contribution in [3.8, 4) is 0 Å². The van der Waals surface area contributed by atoms with Crippen molar-refractivity contribution in [1.82, 2.24) is 5.32 Å². The van der Waals surface area contributed by atoms with Crippen LogP contribution in [0.3, 0.4) is 0 Å². The minimum atomic E-state index is -1.58. The molecule has 1 atom stereocenters. The normalized spacial score (nSPS) is 15.1. The third-order valence-corrected chi connectivity index (χ3v) is 6.91. The van der Waals surface area contributed by atoms with E-state index in [2.05, 4.69) is 5.32 Å². The zero-order chi connectivity index (χ0) is 23.4. The number of nitrogens with one attached hydrogen (secondary N) is 1. The highest BCUT2D eigenvalue weighted by molar-refractivity contribution is 7.85. The van der Waals surface area contributed by atoms with Crippen LogP contribution in [0.4, 0.5) is 5.69 Å². The van der Waals surface area contributed by atoms with Gasteiger partial charge in [-0.3, -0.25) is 9.59 Å². The molecule has 0 saturated heterocycles. The first-order valence-corrected chi connectivity index (χ1v) is 11.5. The fourth-order valence-corrected chi connectivity index (χ4v) is 5.01. The minimum absolute atomic E-state index is 0.160. The largest absolute Gasteiger partial charge is 0.354 e. The summed E-state index contributed by atoms with van der Waals surface area (Å²) in [5.41, 5.74) is 2.09. The van der Waals surface area contributed by atoms with Gasteiger partial charge in [-0.05, 0) is 35.9 Å². The summed E-state index contributed by atoms with van der Waals surface area (Å²) in [6.45, 7) is 0.436. The van der Waals surface area contributed by atoms with Gasteiger partial charge in [-0.1, -0.05) is 42.5 Å². The fraction of sp³-hybridized carbons (Fsp3) is 0.200. The number of methoxy groups -OCH3 is 2. The Bertz CT molecular complexity index is 1190. The lowest BCUT2D eigenvalue weighted by Gasteiger charge is -2.23. The van der Waals surface area contributed by atoms with Gasteiger partial charge in [0.25, 0.3) is 11.8 Å². The van der Waals surface area contributed by atoms with Crippen LogP contribution in [0.1, 0.15) is 26.3 Å². The van der Waals surface area contributed by atoms with Crippen molar-refractivity contribution < 1.29 is 23.3 Å². The third-order valence-electron chi connectivity index (χ3n) is 5.41. The molecule has 0 radical (unpaired) electrons. The molecule has 4 rings (SSSR count). The van der Waals surface area contributed by atoms with Crippen molar-refractivity contribution in [3.63, 3.8) is 0 Å². The molecule has 0 spiro atoms. The molecule has 1 N–H and O–H groups in total. The van der Waals surface area contributed by atoms with E-state index < -0.39 is 17.1 Å². The molecule has 0 aliphatic carbocycles. The Morgan fingerprint density at radius 3 is 2.39 bits per heavy atom. The average Bonchev–Trinajstić information content (AvgIpc) is 2.94. The van der Waals surface area contributed by atoms with Gasteiger partial charge >= 0.3 is 0 Å². The van der Waals surface area contributed by atoms with Crippen LogP contribution >= 0.6 is 0 Å². The van der Waals surface area contributed by atoms with Gasteiger partial charge in [0.1, 0.15) is 0 Å². The Morgan fingerprint density at radius 2 is 1.67 bits per heavy atom. The van der Waals surface area contributed by atoms with Crippen molar-refractivity contribution in [3.05, 3.63) is 89.5 Å². The highest BCUT2D eigenvalue weighted by atomic mass is 32.2. The van der Waals surface area contributed by atoms with Crippen LogP contribution in [0.15, 0.2) is 82.6 Å². The molecule has 0 bridgehead atoms. The van der Waals surface area contributed by atoms with Gasteiger partial charge < -0.3 is 19.7 Å². The van der Waals surface area contributed by atoms with Crippen LogP contribution < -0.4 is 10.2 Å². The first kappa shape index (κ1) is 22.8. The van der Waals surface area contributed by atoms with Crippen molar-refractivity contribution in [1.29, 1.82) is 0 Å². The fourth-order valence-electron chi connectivity index (χ4n) is 3.67. The molecule has 1 heterocycles. The van der Waals surface area contributed by atoms with E-state index in [0.717, 1.165) is 5.56 Å². The van der Waals surface area contributed by atoms with Crippen LogP contribution in [0.2, 0.25) is 0 Å².